The number of piperidine rings is 2. The highest BCUT2D eigenvalue weighted by molar-refractivity contribution is 5.89. The highest BCUT2D eigenvalue weighted by Crippen LogP contribution is 2.39. The third-order valence-electron chi connectivity index (χ3n) is 5.08. The average Bonchev–Trinajstić information content (AvgIpc) is 2.63. The molecule has 0 spiro atoms. The van der Waals surface area contributed by atoms with E-state index in [0.717, 1.165) is 12.0 Å². The van der Waals surface area contributed by atoms with Crippen LogP contribution in [0.4, 0.5) is 10.5 Å². The standard InChI is InChI=1S/C18H20N4O3/c23-16-13-8-14(16)11-22(10-13)18(25)20-15-4-1-3-12(7-15)9-21-6-2-5-19-17(21)24/h1-7,13-14,16,23H,8-11H2,(H,20,25). The van der Waals surface area contributed by atoms with Crippen LogP contribution in [0.3, 0.4) is 0 Å². The molecule has 7 heteroatoms. The number of hydrogen-bond acceptors (Lipinski definition) is 4. The predicted octanol–water partition coefficient (Wildman–Crippen LogP) is 1.14. The molecule has 1 aromatic carbocycles. The molecule has 2 bridgehead atoms. The Kier molecular flexibility index (Phi) is 4.01. The minimum Gasteiger partial charge on any atom is -0.392 e. The van der Waals surface area contributed by atoms with E-state index in [1.54, 1.807) is 17.2 Å². The first-order valence-electron chi connectivity index (χ1n) is 8.44. The maximum Gasteiger partial charge on any atom is 0.347 e. The van der Waals surface area contributed by atoms with E-state index in [2.05, 4.69) is 10.3 Å². The Morgan fingerprint density at radius 2 is 2.08 bits per heavy atom. The van der Waals surface area contributed by atoms with Gasteiger partial charge in [0.1, 0.15) is 0 Å². The van der Waals surface area contributed by atoms with Crippen LogP contribution in [0.25, 0.3) is 0 Å². The number of benzene rings is 1. The first-order valence-corrected chi connectivity index (χ1v) is 8.44. The Hall–Kier alpha value is -2.67. The van der Waals surface area contributed by atoms with Gasteiger partial charge < -0.3 is 15.3 Å². The number of aliphatic hydroxyl groups is 1. The predicted molar refractivity (Wildman–Crippen MR) is 92.2 cm³/mol. The third-order valence-corrected chi connectivity index (χ3v) is 5.08. The number of hydrogen-bond donors (Lipinski definition) is 2. The number of nitrogens with zero attached hydrogens (tertiary/aromatic N) is 3. The highest BCUT2D eigenvalue weighted by atomic mass is 16.3. The molecule has 2 unspecified atom stereocenters. The van der Waals surface area contributed by atoms with Gasteiger partial charge in [-0.25, -0.2) is 14.6 Å². The van der Waals surface area contributed by atoms with Gasteiger partial charge >= 0.3 is 11.7 Å². The molecule has 1 saturated carbocycles. The Bertz CT molecular complexity index is 838. The van der Waals surface area contributed by atoms with E-state index < -0.39 is 0 Å². The number of aliphatic hydroxyl groups excluding tert-OH is 1. The van der Waals surface area contributed by atoms with E-state index in [-0.39, 0.29) is 29.7 Å². The second kappa shape index (κ2) is 6.33. The Morgan fingerprint density at radius 1 is 1.28 bits per heavy atom. The van der Waals surface area contributed by atoms with Crippen molar-refractivity contribution in [2.75, 3.05) is 18.4 Å². The zero-order valence-electron chi connectivity index (χ0n) is 13.7. The fourth-order valence-electron chi connectivity index (χ4n) is 3.68. The summed E-state index contributed by atoms with van der Waals surface area (Å²) in [4.78, 5) is 29.6. The van der Waals surface area contributed by atoms with Gasteiger partial charge in [0.15, 0.2) is 0 Å². The van der Waals surface area contributed by atoms with Gasteiger partial charge in [-0.3, -0.25) is 4.57 Å². The molecule has 3 aliphatic rings. The van der Waals surface area contributed by atoms with Gasteiger partial charge in [0.05, 0.1) is 12.6 Å². The van der Waals surface area contributed by atoms with Crippen molar-refractivity contribution < 1.29 is 9.90 Å². The van der Waals surface area contributed by atoms with Gasteiger partial charge in [-0.1, -0.05) is 12.1 Å². The van der Waals surface area contributed by atoms with Crippen molar-refractivity contribution in [2.45, 2.75) is 19.1 Å². The number of fused-ring (bicyclic) bond motifs is 2. The quantitative estimate of drug-likeness (QED) is 0.877. The van der Waals surface area contributed by atoms with Crippen molar-refractivity contribution in [1.29, 1.82) is 0 Å². The van der Waals surface area contributed by atoms with Crippen molar-refractivity contribution in [1.82, 2.24) is 14.5 Å². The second-order valence-corrected chi connectivity index (χ2v) is 6.81. The molecule has 25 heavy (non-hydrogen) atoms. The lowest BCUT2D eigenvalue weighted by Crippen LogP contribution is -2.60. The van der Waals surface area contributed by atoms with E-state index in [1.165, 1.54) is 10.8 Å². The maximum absolute atomic E-state index is 12.4. The maximum atomic E-state index is 12.4. The van der Waals surface area contributed by atoms with Gasteiger partial charge in [0.25, 0.3) is 0 Å². The van der Waals surface area contributed by atoms with Crippen LogP contribution in [0.15, 0.2) is 47.5 Å². The molecule has 2 saturated heterocycles. The number of amides is 2. The van der Waals surface area contributed by atoms with Gasteiger partial charge in [-0.05, 0) is 30.2 Å². The number of aromatic nitrogens is 2. The number of rotatable bonds is 3. The van der Waals surface area contributed by atoms with Crippen LogP contribution < -0.4 is 11.0 Å². The number of urea groups is 1. The summed E-state index contributed by atoms with van der Waals surface area (Å²) in [5, 5.41) is 12.7. The lowest BCUT2D eigenvalue weighted by atomic mass is 9.68. The van der Waals surface area contributed by atoms with Crippen LogP contribution >= 0.6 is 0 Å². The molecule has 2 aromatic rings. The number of carbonyl (C=O) groups excluding carboxylic acids is 1. The zero-order valence-corrected chi connectivity index (χ0v) is 13.7. The summed E-state index contributed by atoms with van der Waals surface area (Å²) >= 11 is 0. The minimum atomic E-state index is -0.303. The first kappa shape index (κ1) is 15.8. The fourth-order valence-corrected chi connectivity index (χ4v) is 3.68. The molecule has 2 atom stereocenters. The smallest absolute Gasteiger partial charge is 0.347 e. The van der Waals surface area contributed by atoms with Crippen molar-refractivity contribution in [3.8, 4) is 0 Å². The van der Waals surface area contributed by atoms with E-state index in [0.29, 0.717) is 25.3 Å². The van der Waals surface area contributed by atoms with E-state index >= 15 is 0 Å². The molecule has 0 radical (unpaired) electrons. The number of anilines is 1. The molecule has 3 fully saturated rings. The Morgan fingerprint density at radius 3 is 2.80 bits per heavy atom. The average molecular weight is 340 g/mol. The highest BCUT2D eigenvalue weighted by Gasteiger charge is 2.46. The molecule has 1 aliphatic carbocycles. The molecule has 2 N–H and O–H groups in total. The van der Waals surface area contributed by atoms with Crippen LogP contribution in [0.5, 0.6) is 0 Å². The Balaban J connectivity index is 1.42. The third kappa shape index (κ3) is 3.15. The fraction of sp³-hybridized carbons (Fsp3) is 0.389. The minimum absolute atomic E-state index is 0.141. The number of nitrogens with one attached hydrogen (secondary N) is 1. The molecule has 1 aromatic heterocycles. The summed E-state index contributed by atoms with van der Waals surface area (Å²) in [5.74, 6) is 0.432. The van der Waals surface area contributed by atoms with Crippen molar-refractivity contribution in [2.24, 2.45) is 11.8 Å². The summed E-state index contributed by atoms with van der Waals surface area (Å²) in [6, 6.07) is 9.01. The van der Waals surface area contributed by atoms with Crippen LogP contribution in [0.1, 0.15) is 12.0 Å². The number of carbonyl (C=O) groups is 1. The molecule has 7 nitrogen and oxygen atoms in total. The lowest BCUT2D eigenvalue weighted by Gasteiger charge is -2.50. The van der Waals surface area contributed by atoms with E-state index in [1.807, 2.05) is 24.3 Å². The zero-order chi connectivity index (χ0) is 17.4. The molecular formula is C18H20N4O3. The van der Waals surface area contributed by atoms with Crippen molar-refractivity contribution in [3.05, 3.63) is 58.8 Å². The Labute approximate surface area is 144 Å². The molecule has 130 valence electrons. The molecule has 3 heterocycles. The molecule has 5 rings (SSSR count). The second-order valence-electron chi connectivity index (χ2n) is 6.81. The van der Waals surface area contributed by atoms with Gasteiger partial charge in [-0.15, -0.1) is 0 Å². The van der Waals surface area contributed by atoms with Crippen molar-refractivity contribution >= 4 is 11.7 Å². The van der Waals surface area contributed by atoms with Crippen LogP contribution in [0, 0.1) is 11.8 Å². The lowest BCUT2D eigenvalue weighted by molar-refractivity contribution is -0.0937. The molecule has 2 aliphatic heterocycles. The molecular weight excluding hydrogens is 320 g/mol. The van der Waals surface area contributed by atoms with Crippen molar-refractivity contribution in [3.63, 3.8) is 0 Å². The van der Waals surface area contributed by atoms with Gasteiger partial charge in [0, 0.05) is 43.0 Å². The van der Waals surface area contributed by atoms with Gasteiger partial charge in [-0.2, -0.15) is 0 Å². The summed E-state index contributed by atoms with van der Waals surface area (Å²) in [7, 11) is 0. The van der Waals surface area contributed by atoms with Crippen LogP contribution in [-0.4, -0.2) is 44.8 Å². The summed E-state index contributed by atoms with van der Waals surface area (Å²) in [6.07, 6.45) is 3.92. The summed E-state index contributed by atoms with van der Waals surface area (Å²) in [6.45, 7) is 1.61. The van der Waals surface area contributed by atoms with Crippen LogP contribution in [0.2, 0.25) is 0 Å². The molecule has 2 amide bonds. The van der Waals surface area contributed by atoms with Crippen LogP contribution in [-0.2, 0) is 6.54 Å². The summed E-state index contributed by atoms with van der Waals surface area (Å²) in [5.41, 5.74) is 1.30. The monoisotopic (exact) mass is 340 g/mol. The largest absolute Gasteiger partial charge is 0.392 e. The SMILES string of the molecule is O=C(Nc1cccc(Cn2cccnc2=O)c1)N1CC2CC(C1)C2O. The normalized spacial score (nSPS) is 24.5. The van der Waals surface area contributed by atoms with Gasteiger partial charge in [0.2, 0.25) is 0 Å². The van der Waals surface area contributed by atoms with E-state index in [9.17, 15) is 14.7 Å². The van der Waals surface area contributed by atoms with E-state index in [4.69, 9.17) is 0 Å². The topological polar surface area (TPSA) is 87.5 Å². The first-order chi connectivity index (χ1) is 12.1. The summed E-state index contributed by atoms with van der Waals surface area (Å²) < 4.78 is 1.51.